The number of aromatic nitrogens is 2. The first-order valence-electron chi connectivity index (χ1n) is 6.55. The Morgan fingerprint density at radius 3 is 2.75 bits per heavy atom. The van der Waals surface area contributed by atoms with Gasteiger partial charge in [-0.15, -0.1) is 0 Å². The fourth-order valence-corrected chi connectivity index (χ4v) is 2.06. The summed E-state index contributed by atoms with van der Waals surface area (Å²) in [5.74, 6) is 2.01. The predicted molar refractivity (Wildman–Crippen MR) is 81.0 cm³/mol. The zero-order chi connectivity index (χ0) is 14.5. The third-order valence-corrected chi connectivity index (χ3v) is 3.35. The summed E-state index contributed by atoms with van der Waals surface area (Å²) in [5.41, 5.74) is 6.86. The zero-order valence-electron chi connectivity index (χ0n) is 12.1. The molecule has 0 aliphatic heterocycles. The number of rotatable bonds is 5. The summed E-state index contributed by atoms with van der Waals surface area (Å²) in [5, 5.41) is 0. The van der Waals surface area contributed by atoms with Gasteiger partial charge in [-0.05, 0) is 31.0 Å². The number of hydrogen-bond acceptors (Lipinski definition) is 5. The van der Waals surface area contributed by atoms with E-state index in [2.05, 4.69) is 23.0 Å². The summed E-state index contributed by atoms with van der Waals surface area (Å²) in [6.07, 6.45) is 2.52. The van der Waals surface area contributed by atoms with Crippen LogP contribution in [0.2, 0.25) is 0 Å². The molecule has 5 heteroatoms. The molecule has 2 aromatic rings. The number of anilines is 2. The third-order valence-electron chi connectivity index (χ3n) is 3.35. The Balaban J connectivity index is 2.13. The molecule has 0 aliphatic carbocycles. The average Bonchev–Trinajstić information content (AvgIpc) is 2.47. The molecule has 1 atom stereocenters. The zero-order valence-corrected chi connectivity index (χ0v) is 12.1. The van der Waals surface area contributed by atoms with E-state index < -0.39 is 0 Å². The molecule has 20 heavy (non-hydrogen) atoms. The Kier molecular flexibility index (Phi) is 4.40. The highest BCUT2D eigenvalue weighted by Crippen LogP contribution is 2.21. The van der Waals surface area contributed by atoms with E-state index in [1.807, 2.05) is 30.1 Å². The van der Waals surface area contributed by atoms with Crippen LogP contribution in [0.3, 0.4) is 0 Å². The highest BCUT2D eigenvalue weighted by atomic mass is 16.5. The third kappa shape index (κ3) is 3.17. The van der Waals surface area contributed by atoms with Crippen LogP contribution in [-0.4, -0.2) is 30.2 Å². The van der Waals surface area contributed by atoms with Gasteiger partial charge in [-0.25, -0.2) is 4.98 Å². The predicted octanol–water partition coefficient (Wildman–Crippen LogP) is 2.13. The van der Waals surface area contributed by atoms with E-state index in [-0.39, 0.29) is 6.04 Å². The van der Waals surface area contributed by atoms with Crippen molar-refractivity contribution in [2.45, 2.75) is 19.4 Å². The molecule has 0 amide bonds. The molecule has 106 valence electrons. The first-order valence-corrected chi connectivity index (χ1v) is 6.55. The van der Waals surface area contributed by atoms with Gasteiger partial charge in [0.05, 0.1) is 7.11 Å². The van der Waals surface area contributed by atoms with Gasteiger partial charge in [-0.1, -0.05) is 18.2 Å². The lowest BCUT2D eigenvalue weighted by Crippen LogP contribution is -2.32. The summed E-state index contributed by atoms with van der Waals surface area (Å²) in [6, 6.07) is 9.94. The summed E-state index contributed by atoms with van der Waals surface area (Å²) in [4.78, 5) is 10.5. The summed E-state index contributed by atoms with van der Waals surface area (Å²) in [6.45, 7) is 2.12. The number of nitrogen functional groups attached to an aromatic ring is 1. The van der Waals surface area contributed by atoms with Crippen LogP contribution < -0.4 is 15.4 Å². The number of nitrogens with zero attached hydrogens (tertiary/aromatic N) is 3. The van der Waals surface area contributed by atoms with Gasteiger partial charge in [0.1, 0.15) is 11.6 Å². The van der Waals surface area contributed by atoms with Gasteiger partial charge in [-0.2, -0.15) is 4.98 Å². The Morgan fingerprint density at radius 1 is 1.30 bits per heavy atom. The maximum absolute atomic E-state index is 5.70. The molecule has 0 saturated carbocycles. The molecule has 2 rings (SSSR count). The number of ether oxygens (including phenoxy) is 1. The van der Waals surface area contributed by atoms with Crippen molar-refractivity contribution < 1.29 is 4.74 Å². The fraction of sp³-hybridized carbons (Fsp3) is 0.333. The number of methoxy groups -OCH3 is 1. The molecule has 0 bridgehead atoms. The Morgan fingerprint density at radius 2 is 2.05 bits per heavy atom. The van der Waals surface area contributed by atoms with E-state index in [0.717, 1.165) is 12.2 Å². The van der Waals surface area contributed by atoms with Crippen molar-refractivity contribution in [3.05, 3.63) is 42.1 Å². The van der Waals surface area contributed by atoms with Crippen molar-refractivity contribution in [3.63, 3.8) is 0 Å². The van der Waals surface area contributed by atoms with Crippen molar-refractivity contribution >= 4 is 11.8 Å². The lowest BCUT2D eigenvalue weighted by atomic mass is 10.1. The highest BCUT2D eigenvalue weighted by molar-refractivity contribution is 5.39. The average molecular weight is 272 g/mol. The first-order chi connectivity index (χ1) is 9.61. The monoisotopic (exact) mass is 272 g/mol. The van der Waals surface area contributed by atoms with E-state index in [1.54, 1.807) is 19.4 Å². The standard InChI is InChI=1S/C15H20N4O/c1-11(10-12-6-4-5-7-13(12)20-3)19(2)15-17-9-8-14(16)18-15/h4-9,11H,10H2,1-3H3,(H2,16,17,18). The topological polar surface area (TPSA) is 64.3 Å². The molecule has 1 unspecified atom stereocenters. The number of benzene rings is 1. The van der Waals surface area contributed by atoms with Crippen LogP contribution in [0, 0.1) is 0 Å². The van der Waals surface area contributed by atoms with E-state index in [1.165, 1.54) is 5.56 Å². The van der Waals surface area contributed by atoms with Crippen LogP contribution in [0.5, 0.6) is 5.75 Å². The van der Waals surface area contributed by atoms with Crippen LogP contribution in [0.4, 0.5) is 11.8 Å². The van der Waals surface area contributed by atoms with Crippen molar-refractivity contribution in [1.29, 1.82) is 0 Å². The molecular formula is C15H20N4O. The largest absolute Gasteiger partial charge is 0.496 e. The van der Waals surface area contributed by atoms with E-state index in [4.69, 9.17) is 10.5 Å². The minimum Gasteiger partial charge on any atom is -0.496 e. The molecule has 2 N–H and O–H groups in total. The second-order valence-electron chi connectivity index (χ2n) is 4.76. The SMILES string of the molecule is COc1ccccc1CC(C)N(C)c1nccc(N)n1. The Bertz CT molecular complexity index is 573. The Labute approximate surface area is 119 Å². The maximum Gasteiger partial charge on any atom is 0.227 e. The van der Waals surface area contributed by atoms with Gasteiger partial charge in [0, 0.05) is 19.3 Å². The lowest BCUT2D eigenvalue weighted by Gasteiger charge is -2.25. The highest BCUT2D eigenvalue weighted by Gasteiger charge is 2.15. The van der Waals surface area contributed by atoms with Crippen molar-refractivity contribution in [3.8, 4) is 5.75 Å². The molecule has 0 saturated heterocycles. The van der Waals surface area contributed by atoms with Crippen molar-refractivity contribution in [2.75, 3.05) is 24.8 Å². The van der Waals surface area contributed by atoms with Crippen molar-refractivity contribution in [1.82, 2.24) is 9.97 Å². The Hall–Kier alpha value is -2.30. The molecule has 0 spiro atoms. The van der Waals surface area contributed by atoms with E-state index in [9.17, 15) is 0 Å². The van der Waals surface area contributed by atoms with Crippen LogP contribution in [0.15, 0.2) is 36.5 Å². The fourth-order valence-electron chi connectivity index (χ4n) is 2.06. The van der Waals surface area contributed by atoms with Gasteiger partial charge in [0.2, 0.25) is 5.95 Å². The van der Waals surface area contributed by atoms with Gasteiger partial charge < -0.3 is 15.4 Å². The van der Waals surface area contributed by atoms with Crippen LogP contribution >= 0.6 is 0 Å². The number of likely N-dealkylation sites (N-methyl/N-ethyl adjacent to an activating group) is 1. The minimum absolute atomic E-state index is 0.230. The van der Waals surface area contributed by atoms with Crippen LogP contribution in [0.1, 0.15) is 12.5 Å². The molecule has 1 aromatic carbocycles. The second-order valence-corrected chi connectivity index (χ2v) is 4.76. The molecule has 5 nitrogen and oxygen atoms in total. The molecule has 0 fully saturated rings. The molecule has 0 radical (unpaired) electrons. The molecule has 1 heterocycles. The molecule has 1 aromatic heterocycles. The second kappa shape index (κ2) is 6.23. The van der Waals surface area contributed by atoms with Crippen LogP contribution in [0.25, 0.3) is 0 Å². The van der Waals surface area contributed by atoms with E-state index >= 15 is 0 Å². The smallest absolute Gasteiger partial charge is 0.227 e. The quantitative estimate of drug-likeness (QED) is 0.903. The number of nitrogens with two attached hydrogens (primary N) is 1. The van der Waals surface area contributed by atoms with Crippen LogP contribution in [-0.2, 0) is 6.42 Å². The minimum atomic E-state index is 0.230. The summed E-state index contributed by atoms with van der Waals surface area (Å²) < 4.78 is 5.38. The van der Waals surface area contributed by atoms with Gasteiger partial charge in [-0.3, -0.25) is 0 Å². The lowest BCUT2D eigenvalue weighted by molar-refractivity contribution is 0.408. The summed E-state index contributed by atoms with van der Waals surface area (Å²) >= 11 is 0. The van der Waals surface area contributed by atoms with Crippen molar-refractivity contribution in [2.24, 2.45) is 0 Å². The normalized spacial score (nSPS) is 11.9. The van der Waals surface area contributed by atoms with Gasteiger partial charge in [0.15, 0.2) is 0 Å². The number of para-hydroxylation sites is 1. The maximum atomic E-state index is 5.70. The summed E-state index contributed by atoms with van der Waals surface area (Å²) in [7, 11) is 3.66. The number of hydrogen-bond donors (Lipinski definition) is 1. The first kappa shape index (κ1) is 14.1. The molecular weight excluding hydrogens is 252 g/mol. The molecule has 0 aliphatic rings. The van der Waals surface area contributed by atoms with E-state index in [0.29, 0.717) is 11.8 Å². The van der Waals surface area contributed by atoms with Gasteiger partial charge >= 0.3 is 0 Å². The van der Waals surface area contributed by atoms with Gasteiger partial charge in [0.25, 0.3) is 0 Å².